The molecule has 0 saturated carbocycles. The molecule has 0 aromatic rings. The lowest BCUT2D eigenvalue weighted by atomic mass is 10.2. The number of hydrogen-bond donors (Lipinski definition) is 1. The van der Waals surface area contributed by atoms with Gasteiger partial charge in [-0.1, -0.05) is 0 Å². The number of nitrogens with zero attached hydrogens (tertiary/aromatic N) is 1. The molecule has 64 valence electrons. The minimum atomic E-state index is 0.265. The fourth-order valence-electron chi connectivity index (χ4n) is 1.61. The third-order valence-electron chi connectivity index (χ3n) is 2.27. The van der Waals surface area contributed by atoms with Crippen molar-refractivity contribution >= 4 is 0 Å². The molecule has 3 saturated heterocycles. The standard InChI is InChI=1S/C7H14N2O2/c1-8-9-2-7-5-10-3-6(9)4-11-7/h6-8H,2-5H2,1H3. The number of ether oxygens (including phenoxy) is 2. The molecule has 3 heterocycles. The molecule has 2 bridgehead atoms. The van der Waals surface area contributed by atoms with Crippen LogP contribution >= 0.6 is 0 Å². The second-order valence-corrected chi connectivity index (χ2v) is 3.02. The molecule has 2 atom stereocenters. The maximum atomic E-state index is 5.53. The highest BCUT2D eigenvalue weighted by molar-refractivity contribution is 4.80. The second-order valence-electron chi connectivity index (χ2n) is 3.02. The first-order valence-electron chi connectivity index (χ1n) is 4.03. The normalized spacial score (nSPS) is 39.0. The Morgan fingerprint density at radius 1 is 1.36 bits per heavy atom. The lowest BCUT2D eigenvalue weighted by Gasteiger charge is -2.34. The van der Waals surface area contributed by atoms with Gasteiger partial charge in [0.2, 0.25) is 0 Å². The van der Waals surface area contributed by atoms with Crippen LogP contribution in [0.25, 0.3) is 0 Å². The Kier molecular flexibility index (Phi) is 2.09. The Morgan fingerprint density at radius 3 is 3.09 bits per heavy atom. The van der Waals surface area contributed by atoms with Crippen LogP contribution in [-0.2, 0) is 9.47 Å². The molecular formula is C7H14N2O2. The van der Waals surface area contributed by atoms with Gasteiger partial charge in [-0.3, -0.25) is 5.43 Å². The molecule has 4 nitrogen and oxygen atoms in total. The van der Waals surface area contributed by atoms with E-state index >= 15 is 0 Å². The largest absolute Gasteiger partial charge is 0.377 e. The van der Waals surface area contributed by atoms with E-state index in [0.717, 1.165) is 26.4 Å². The Morgan fingerprint density at radius 2 is 2.27 bits per heavy atom. The summed E-state index contributed by atoms with van der Waals surface area (Å²) in [4.78, 5) is 0. The van der Waals surface area contributed by atoms with E-state index in [4.69, 9.17) is 9.47 Å². The van der Waals surface area contributed by atoms with Gasteiger partial charge < -0.3 is 9.47 Å². The highest BCUT2D eigenvalue weighted by Crippen LogP contribution is 2.14. The lowest BCUT2D eigenvalue weighted by Crippen LogP contribution is -2.54. The molecule has 3 fully saturated rings. The van der Waals surface area contributed by atoms with Crippen LogP contribution < -0.4 is 5.43 Å². The zero-order valence-electron chi connectivity index (χ0n) is 6.75. The minimum absolute atomic E-state index is 0.265. The quantitative estimate of drug-likeness (QED) is 0.543. The van der Waals surface area contributed by atoms with Gasteiger partial charge in [0.25, 0.3) is 0 Å². The summed E-state index contributed by atoms with van der Waals surface area (Å²) in [6.07, 6.45) is 0.265. The van der Waals surface area contributed by atoms with Crippen molar-refractivity contribution in [3.05, 3.63) is 0 Å². The van der Waals surface area contributed by atoms with Gasteiger partial charge in [-0.05, 0) is 7.05 Å². The molecule has 0 radical (unpaired) electrons. The van der Waals surface area contributed by atoms with Crippen molar-refractivity contribution in [3.63, 3.8) is 0 Å². The summed E-state index contributed by atoms with van der Waals surface area (Å²) in [6, 6.07) is 0.402. The Hall–Kier alpha value is -0.160. The van der Waals surface area contributed by atoms with Gasteiger partial charge in [-0.15, -0.1) is 0 Å². The van der Waals surface area contributed by atoms with E-state index in [0.29, 0.717) is 6.04 Å². The van der Waals surface area contributed by atoms with Crippen LogP contribution in [0.1, 0.15) is 0 Å². The summed E-state index contributed by atoms with van der Waals surface area (Å²) in [7, 11) is 1.95. The summed E-state index contributed by atoms with van der Waals surface area (Å²) in [5.74, 6) is 0. The first-order chi connectivity index (χ1) is 5.40. The van der Waals surface area contributed by atoms with Crippen LogP contribution in [0.3, 0.4) is 0 Å². The molecule has 0 aromatic heterocycles. The zero-order valence-corrected chi connectivity index (χ0v) is 6.75. The maximum absolute atomic E-state index is 5.53. The molecule has 3 aliphatic rings. The first kappa shape index (κ1) is 7.49. The third kappa shape index (κ3) is 1.39. The molecule has 0 aromatic carbocycles. The first-order valence-corrected chi connectivity index (χ1v) is 4.03. The summed E-state index contributed by atoms with van der Waals surface area (Å²) < 4.78 is 10.9. The molecule has 3 aliphatic heterocycles. The van der Waals surface area contributed by atoms with Gasteiger partial charge in [0, 0.05) is 6.54 Å². The van der Waals surface area contributed by atoms with Crippen LogP contribution in [0.4, 0.5) is 0 Å². The molecule has 4 heteroatoms. The molecule has 0 spiro atoms. The van der Waals surface area contributed by atoms with Crippen molar-refractivity contribution in [1.29, 1.82) is 0 Å². The second kappa shape index (κ2) is 3.06. The number of hydrazine groups is 1. The minimum Gasteiger partial charge on any atom is -0.377 e. The van der Waals surface area contributed by atoms with E-state index in [-0.39, 0.29) is 6.10 Å². The Labute approximate surface area is 66.4 Å². The number of rotatable bonds is 1. The number of morpholine rings is 1. The summed E-state index contributed by atoms with van der Waals surface area (Å²) in [5.41, 5.74) is 3.15. The van der Waals surface area contributed by atoms with E-state index in [2.05, 4.69) is 10.4 Å². The van der Waals surface area contributed by atoms with Gasteiger partial charge in [-0.25, -0.2) is 5.01 Å². The molecular weight excluding hydrogens is 144 g/mol. The topological polar surface area (TPSA) is 33.7 Å². The number of nitrogens with one attached hydrogen (secondary N) is 1. The predicted octanol–water partition coefficient (Wildman–Crippen LogP) is -0.780. The molecule has 1 N–H and O–H groups in total. The predicted molar refractivity (Wildman–Crippen MR) is 40.1 cm³/mol. The van der Waals surface area contributed by atoms with E-state index in [9.17, 15) is 0 Å². The van der Waals surface area contributed by atoms with Gasteiger partial charge in [0.15, 0.2) is 0 Å². The van der Waals surface area contributed by atoms with Crippen LogP contribution in [0.2, 0.25) is 0 Å². The van der Waals surface area contributed by atoms with Gasteiger partial charge >= 0.3 is 0 Å². The maximum Gasteiger partial charge on any atom is 0.0949 e. The van der Waals surface area contributed by atoms with Gasteiger partial charge in [-0.2, -0.15) is 0 Å². The smallest absolute Gasteiger partial charge is 0.0949 e. The van der Waals surface area contributed by atoms with Crippen molar-refractivity contribution in [1.82, 2.24) is 10.4 Å². The molecule has 11 heavy (non-hydrogen) atoms. The summed E-state index contributed by atoms with van der Waals surface area (Å²) in [6.45, 7) is 3.28. The number of fused-ring (bicyclic) bond motifs is 4. The van der Waals surface area contributed by atoms with E-state index < -0.39 is 0 Å². The van der Waals surface area contributed by atoms with Crippen LogP contribution in [-0.4, -0.2) is 50.6 Å². The fraction of sp³-hybridized carbons (Fsp3) is 1.00. The fourth-order valence-corrected chi connectivity index (χ4v) is 1.61. The lowest BCUT2D eigenvalue weighted by molar-refractivity contribution is -0.0603. The van der Waals surface area contributed by atoms with E-state index in [1.807, 2.05) is 7.05 Å². The monoisotopic (exact) mass is 158 g/mol. The van der Waals surface area contributed by atoms with Crippen molar-refractivity contribution in [3.8, 4) is 0 Å². The average Bonchev–Trinajstić information content (AvgIpc) is 2.37. The van der Waals surface area contributed by atoms with Crippen molar-refractivity contribution in [2.45, 2.75) is 12.1 Å². The van der Waals surface area contributed by atoms with Crippen molar-refractivity contribution in [2.24, 2.45) is 0 Å². The van der Waals surface area contributed by atoms with Crippen molar-refractivity contribution < 1.29 is 9.47 Å². The molecule has 3 rings (SSSR count). The third-order valence-corrected chi connectivity index (χ3v) is 2.27. The summed E-state index contributed by atoms with van der Waals surface area (Å²) >= 11 is 0. The molecule has 0 aliphatic carbocycles. The van der Waals surface area contributed by atoms with Crippen LogP contribution in [0, 0.1) is 0 Å². The van der Waals surface area contributed by atoms with Crippen LogP contribution in [0.5, 0.6) is 0 Å². The Bertz CT molecular complexity index is 138. The molecule has 0 amide bonds. The Balaban J connectivity index is 2.04. The highest BCUT2D eigenvalue weighted by Gasteiger charge is 2.31. The van der Waals surface area contributed by atoms with Crippen LogP contribution in [0.15, 0.2) is 0 Å². The number of hydrogen-bond acceptors (Lipinski definition) is 4. The highest BCUT2D eigenvalue weighted by atomic mass is 16.5. The van der Waals surface area contributed by atoms with Crippen molar-refractivity contribution in [2.75, 3.05) is 33.4 Å². The summed E-state index contributed by atoms with van der Waals surface area (Å²) in [5, 5.41) is 2.20. The molecule has 2 unspecified atom stereocenters. The van der Waals surface area contributed by atoms with Gasteiger partial charge in [0.05, 0.1) is 32.0 Å². The zero-order chi connectivity index (χ0) is 7.68. The van der Waals surface area contributed by atoms with Gasteiger partial charge in [0.1, 0.15) is 0 Å². The average molecular weight is 158 g/mol. The SMILES string of the molecule is CNN1CC2COCC1CO2. The van der Waals surface area contributed by atoms with E-state index in [1.54, 1.807) is 0 Å². The van der Waals surface area contributed by atoms with E-state index in [1.165, 1.54) is 0 Å².